The van der Waals surface area contributed by atoms with Crippen LogP contribution in [-0.2, 0) is 16.8 Å². The van der Waals surface area contributed by atoms with Gasteiger partial charge in [-0.15, -0.1) is 0 Å². The van der Waals surface area contributed by atoms with Crippen molar-refractivity contribution < 1.29 is 15.0 Å². The van der Waals surface area contributed by atoms with Crippen molar-refractivity contribution in [2.24, 2.45) is 0 Å². The van der Waals surface area contributed by atoms with Crippen LogP contribution in [0.15, 0.2) is 42.5 Å². The highest BCUT2D eigenvalue weighted by molar-refractivity contribution is 5.79. The molecule has 1 saturated carbocycles. The first-order valence-corrected chi connectivity index (χ1v) is 7.54. The normalized spacial score (nSPS) is 17.4. The quantitative estimate of drug-likeness (QED) is 0.914. The van der Waals surface area contributed by atoms with Crippen molar-refractivity contribution in [3.05, 3.63) is 59.4 Å². The fourth-order valence-corrected chi connectivity index (χ4v) is 2.87. The zero-order chi connectivity index (χ0) is 15.6. The van der Waals surface area contributed by atoms with Crippen molar-refractivity contribution >= 4 is 5.78 Å². The SMILES string of the molecule is O=C1CCC(O)(c2ccc(O)c(Cc3ccccc3)n2)CC1. The van der Waals surface area contributed by atoms with Gasteiger partial charge >= 0.3 is 0 Å². The van der Waals surface area contributed by atoms with Crippen molar-refractivity contribution in [3.8, 4) is 5.75 Å². The maximum absolute atomic E-state index is 11.4. The van der Waals surface area contributed by atoms with E-state index in [0.29, 0.717) is 43.5 Å². The Balaban J connectivity index is 1.88. The standard InChI is InChI=1S/C18H19NO3/c20-14-8-10-18(22,11-9-14)17-7-6-16(21)15(19-17)12-13-4-2-1-3-5-13/h1-7,21-22H,8-12H2. The lowest BCUT2D eigenvalue weighted by Crippen LogP contribution is -2.32. The van der Waals surface area contributed by atoms with E-state index in [1.54, 1.807) is 12.1 Å². The molecule has 4 heteroatoms. The molecule has 0 unspecified atom stereocenters. The summed E-state index contributed by atoms with van der Waals surface area (Å²) in [5.41, 5.74) is 1.08. The largest absolute Gasteiger partial charge is 0.506 e. The van der Waals surface area contributed by atoms with Gasteiger partial charge in [-0.1, -0.05) is 30.3 Å². The highest BCUT2D eigenvalue weighted by Gasteiger charge is 2.35. The molecule has 4 nitrogen and oxygen atoms in total. The first-order valence-electron chi connectivity index (χ1n) is 7.54. The molecule has 114 valence electrons. The molecule has 3 rings (SSSR count). The van der Waals surface area contributed by atoms with Crippen LogP contribution in [0.3, 0.4) is 0 Å². The second kappa shape index (κ2) is 5.89. The molecule has 1 aromatic heterocycles. The molecule has 22 heavy (non-hydrogen) atoms. The zero-order valence-corrected chi connectivity index (χ0v) is 12.3. The predicted octanol–water partition coefficient (Wildman–Crippen LogP) is 2.71. The Morgan fingerprint density at radius 1 is 1.05 bits per heavy atom. The topological polar surface area (TPSA) is 70.4 Å². The van der Waals surface area contributed by atoms with E-state index in [9.17, 15) is 15.0 Å². The van der Waals surface area contributed by atoms with E-state index in [1.165, 1.54) is 0 Å². The molecule has 0 spiro atoms. The van der Waals surface area contributed by atoms with Gasteiger partial charge in [0.15, 0.2) is 0 Å². The number of rotatable bonds is 3. The molecule has 0 radical (unpaired) electrons. The van der Waals surface area contributed by atoms with E-state index >= 15 is 0 Å². The van der Waals surface area contributed by atoms with Crippen LogP contribution in [0, 0.1) is 0 Å². The minimum absolute atomic E-state index is 0.128. The zero-order valence-electron chi connectivity index (χ0n) is 12.3. The van der Waals surface area contributed by atoms with Crippen molar-refractivity contribution in [1.29, 1.82) is 0 Å². The first kappa shape index (κ1) is 14.7. The molecule has 1 aromatic carbocycles. The third-order valence-corrected chi connectivity index (χ3v) is 4.28. The fourth-order valence-electron chi connectivity index (χ4n) is 2.87. The Morgan fingerprint density at radius 3 is 2.41 bits per heavy atom. The van der Waals surface area contributed by atoms with E-state index in [1.807, 2.05) is 30.3 Å². The number of benzene rings is 1. The second-order valence-electron chi connectivity index (χ2n) is 5.89. The minimum atomic E-state index is -1.06. The van der Waals surface area contributed by atoms with Gasteiger partial charge in [-0.2, -0.15) is 0 Å². The van der Waals surface area contributed by atoms with Gasteiger partial charge in [0.1, 0.15) is 17.1 Å². The number of hydrogen-bond acceptors (Lipinski definition) is 4. The lowest BCUT2D eigenvalue weighted by molar-refractivity contribution is -0.125. The molecule has 1 fully saturated rings. The molecule has 0 saturated heterocycles. The lowest BCUT2D eigenvalue weighted by atomic mass is 9.81. The van der Waals surface area contributed by atoms with Gasteiger partial charge < -0.3 is 10.2 Å². The maximum Gasteiger partial charge on any atom is 0.137 e. The summed E-state index contributed by atoms with van der Waals surface area (Å²) in [5, 5.41) is 20.8. The molecule has 1 aliphatic carbocycles. The third-order valence-electron chi connectivity index (χ3n) is 4.28. The summed E-state index contributed by atoms with van der Waals surface area (Å²) in [5.74, 6) is 0.316. The average molecular weight is 297 g/mol. The van der Waals surface area contributed by atoms with Gasteiger partial charge in [-0.25, -0.2) is 0 Å². The molecule has 0 bridgehead atoms. The predicted molar refractivity (Wildman–Crippen MR) is 82.5 cm³/mol. The number of carbonyl (C=O) groups is 1. The summed E-state index contributed by atoms with van der Waals surface area (Å²) in [4.78, 5) is 15.8. The number of pyridine rings is 1. The maximum atomic E-state index is 11.4. The van der Waals surface area contributed by atoms with Gasteiger partial charge in [0.2, 0.25) is 0 Å². The molecule has 0 atom stereocenters. The van der Waals surface area contributed by atoms with E-state index < -0.39 is 5.60 Å². The molecule has 1 aliphatic rings. The third kappa shape index (κ3) is 3.02. The monoisotopic (exact) mass is 297 g/mol. The summed E-state index contributed by atoms with van der Waals surface area (Å²) < 4.78 is 0. The Bertz CT molecular complexity index is 672. The van der Waals surface area contributed by atoms with Gasteiger partial charge in [0.25, 0.3) is 0 Å². The number of aromatic hydroxyl groups is 1. The second-order valence-corrected chi connectivity index (χ2v) is 5.89. The van der Waals surface area contributed by atoms with Gasteiger partial charge in [0, 0.05) is 19.3 Å². The van der Waals surface area contributed by atoms with Crippen LogP contribution < -0.4 is 0 Å². The summed E-state index contributed by atoms with van der Waals surface area (Å²) in [6, 6.07) is 13.0. The van der Waals surface area contributed by atoms with Crippen LogP contribution in [-0.4, -0.2) is 21.0 Å². The van der Waals surface area contributed by atoms with Crippen molar-refractivity contribution in [3.63, 3.8) is 0 Å². The van der Waals surface area contributed by atoms with Crippen LogP contribution >= 0.6 is 0 Å². The van der Waals surface area contributed by atoms with E-state index in [-0.39, 0.29) is 11.5 Å². The summed E-state index contributed by atoms with van der Waals surface area (Å²) in [6.07, 6.45) is 2.07. The van der Waals surface area contributed by atoms with Crippen LogP contribution in [0.25, 0.3) is 0 Å². The number of ketones is 1. The Hall–Kier alpha value is -2.20. The molecule has 2 aromatic rings. The Morgan fingerprint density at radius 2 is 1.73 bits per heavy atom. The van der Waals surface area contributed by atoms with Crippen LogP contribution in [0.1, 0.15) is 42.6 Å². The highest BCUT2D eigenvalue weighted by Crippen LogP contribution is 2.35. The smallest absolute Gasteiger partial charge is 0.137 e. The number of hydrogen-bond donors (Lipinski definition) is 2. The molecule has 0 aliphatic heterocycles. The number of aromatic nitrogens is 1. The van der Waals surface area contributed by atoms with Gasteiger partial charge in [-0.3, -0.25) is 9.78 Å². The van der Waals surface area contributed by atoms with E-state index in [2.05, 4.69) is 4.98 Å². The molecule has 0 amide bonds. The average Bonchev–Trinajstić information content (AvgIpc) is 2.53. The van der Waals surface area contributed by atoms with E-state index in [0.717, 1.165) is 5.56 Å². The first-order chi connectivity index (χ1) is 10.6. The minimum Gasteiger partial charge on any atom is -0.506 e. The van der Waals surface area contributed by atoms with Gasteiger partial charge in [0.05, 0.1) is 11.4 Å². The van der Waals surface area contributed by atoms with Crippen molar-refractivity contribution in [2.75, 3.05) is 0 Å². The summed E-state index contributed by atoms with van der Waals surface area (Å²) in [7, 11) is 0. The summed E-state index contributed by atoms with van der Waals surface area (Å²) >= 11 is 0. The van der Waals surface area contributed by atoms with Crippen molar-refractivity contribution in [1.82, 2.24) is 4.98 Å². The Kier molecular flexibility index (Phi) is 3.94. The molecular weight excluding hydrogens is 278 g/mol. The molecule has 2 N–H and O–H groups in total. The number of aliphatic hydroxyl groups is 1. The van der Waals surface area contributed by atoms with Crippen LogP contribution in [0.5, 0.6) is 5.75 Å². The van der Waals surface area contributed by atoms with Crippen molar-refractivity contribution in [2.45, 2.75) is 37.7 Å². The van der Waals surface area contributed by atoms with Gasteiger partial charge in [-0.05, 0) is 30.5 Å². The van der Waals surface area contributed by atoms with E-state index in [4.69, 9.17) is 0 Å². The number of nitrogens with zero attached hydrogens (tertiary/aromatic N) is 1. The number of Topliss-reactive ketones (excluding diaryl/α,β-unsaturated/α-hetero) is 1. The molecular formula is C18H19NO3. The molecule has 1 heterocycles. The summed E-state index contributed by atoms with van der Waals surface area (Å²) in [6.45, 7) is 0. The van der Waals surface area contributed by atoms with Crippen LogP contribution in [0.4, 0.5) is 0 Å². The van der Waals surface area contributed by atoms with Crippen LogP contribution in [0.2, 0.25) is 0 Å². The highest BCUT2D eigenvalue weighted by atomic mass is 16.3. The lowest BCUT2D eigenvalue weighted by Gasteiger charge is -2.31. The Labute approximate surface area is 129 Å². The fraction of sp³-hybridized carbons (Fsp3) is 0.333. The number of carbonyl (C=O) groups excluding carboxylic acids is 1.